The summed E-state index contributed by atoms with van der Waals surface area (Å²) in [6.07, 6.45) is -6.79. The van der Waals surface area contributed by atoms with E-state index in [1.54, 1.807) is 12.1 Å². The molecule has 1 aliphatic heterocycles. The van der Waals surface area contributed by atoms with Crippen molar-refractivity contribution < 1.29 is 48.3 Å². The molecular weight excluding hydrogens is 914 g/mol. The average molecular weight is 958 g/mol. The minimum atomic E-state index is -4.07. The predicted octanol–water partition coefficient (Wildman–Crippen LogP) is 9.27. The van der Waals surface area contributed by atoms with Gasteiger partial charge in [0.05, 0.1) is 43.8 Å². The molecule has 0 spiro atoms. The first-order chi connectivity index (χ1) is 30.0. The number of carbonyl (C=O) groups excluding carboxylic acids is 1. The Hall–Kier alpha value is -5.77. The van der Waals surface area contributed by atoms with Crippen LogP contribution in [-0.2, 0) is 34.3 Å². The zero-order valence-electron chi connectivity index (χ0n) is 32.7. The number of carbonyl (C=O) groups is 1. The minimum absolute atomic E-state index is 0. The molecule has 1 atom stereocenters. The molecule has 23 heteroatoms. The van der Waals surface area contributed by atoms with Crippen molar-refractivity contribution in [1.29, 1.82) is 0 Å². The van der Waals surface area contributed by atoms with E-state index in [2.05, 4.69) is 25.1 Å². The van der Waals surface area contributed by atoms with E-state index in [0.717, 1.165) is 40.6 Å². The summed E-state index contributed by atoms with van der Waals surface area (Å²) >= 11 is 6.64. The van der Waals surface area contributed by atoms with Crippen molar-refractivity contribution >= 4 is 60.8 Å². The van der Waals surface area contributed by atoms with Crippen molar-refractivity contribution in [1.82, 2.24) is 34.4 Å². The molecule has 2 N–H and O–H groups in total. The predicted molar refractivity (Wildman–Crippen MR) is 230 cm³/mol. The van der Waals surface area contributed by atoms with Crippen LogP contribution in [0, 0.1) is 11.6 Å². The summed E-state index contributed by atoms with van der Waals surface area (Å²) in [5.41, 5.74) is -2.78. The van der Waals surface area contributed by atoms with Gasteiger partial charge in [-0.3, -0.25) is 28.2 Å². The summed E-state index contributed by atoms with van der Waals surface area (Å²) in [6.45, 7) is -0.832. The monoisotopic (exact) mass is 957 g/mol. The number of hydrogen-bond acceptors (Lipinski definition) is 8. The van der Waals surface area contributed by atoms with E-state index in [1.807, 2.05) is 0 Å². The fraction of sp³-hybridized carbons (Fsp3) is 0.405. The maximum atomic E-state index is 15.0. The molecule has 0 radical (unpaired) electrons. The van der Waals surface area contributed by atoms with E-state index >= 15 is 4.79 Å². The SMILES string of the molecule is C.C.O=C(Cn1nc(C(F)F)cc1C(F)F)N[C@@H](Cc1cc(F)cc(F)c1)c1nc2cc(N3CCCCC3)ccc2c(=O)n1-c1ccc(Cl)c2c(NS(=O)(=O)C3CC3)nn(CC(F)F)c12. The van der Waals surface area contributed by atoms with Crippen molar-refractivity contribution in [3.05, 3.63) is 104 Å². The Labute approximate surface area is 372 Å². The Balaban J connectivity index is 0.00000350. The number of nitrogens with one attached hydrogen (secondary N) is 2. The van der Waals surface area contributed by atoms with Gasteiger partial charge in [-0.05, 0) is 86.2 Å². The fourth-order valence-electron chi connectivity index (χ4n) is 7.79. The molecule has 65 heavy (non-hydrogen) atoms. The van der Waals surface area contributed by atoms with Crippen LogP contribution in [0.4, 0.5) is 46.6 Å². The van der Waals surface area contributed by atoms with E-state index in [4.69, 9.17) is 16.6 Å². The first-order valence-corrected chi connectivity index (χ1v) is 21.6. The molecule has 0 bridgehead atoms. The molecular formula is C42H44ClF8N9O4S. The third-order valence-corrected chi connectivity index (χ3v) is 12.9. The lowest BCUT2D eigenvalue weighted by Crippen LogP contribution is -2.38. The second kappa shape index (κ2) is 19.4. The van der Waals surface area contributed by atoms with E-state index in [1.165, 1.54) is 18.2 Å². The highest BCUT2D eigenvalue weighted by atomic mass is 35.5. The van der Waals surface area contributed by atoms with Gasteiger partial charge >= 0.3 is 0 Å². The van der Waals surface area contributed by atoms with Gasteiger partial charge in [-0.1, -0.05) is 26.5 Å². The van der Waals surface area contributed by atoms with Gasteiger partial charge in [0, 0.05) is 31.3 Å². The third kappa shape index (κ3) is 10.2. The van der Waals surface area contributed by atoms with E-state index in [0.29, 0.717) is 48.4 Å². The summed E-state index contributed by atoms with van der Waals surface area (Å²) in [5, 5.41) is 9.05. The summed E-state index contributed by atoms with van der Waals surface area (Å²) in [7, 11) is -4.07. The molecule has 2 aliphatic rings. The van der Waals surface area contributed by atoms with Crippen LogP contribution in [0.15, 0.2) is 59.4 Å². The Morgan fingerprint density at radius 2 is 1.55 bits per heavy atom. The molecule has 13 nitrogen and oxygen atoms in total. The van der Waals surface area contributed by atoms with Crippen LogP contribution in [-0.4, -0.2) is 68.2 Å². The van der Waals surface area contributed by atoms with Gasteiger partial charge in [0.25, 0.3) is 24.8 Å². The van der Waals surface area contributed by atoms with Crippen molar-refractivity contribution in [2.75, 3.05) is 22.7 Å². The van der Waals surface area contributed by atoms with Gasteiger partial charge in [-0.25, -0.2) is 48.5 Å². The number of halogens is 9. The fourth-order valence-corrected chi connectivity index (χ4v) is 9.37. The smallest absolute Gasteiger partial charge is 0.282 e. The lowest BCUT2D eigenvalue weighted by atomic mass is 10.0. The zero-order valence-corrected chi connectivity index (χ0v) is 34.3. The van der Waals surface area contributed by atoms with Crippen molar-refractivity contribution in [2.45, 2.75) is 97.0 Å². The Kier molecular flexibility index (Phi) is 14.5. The maximum absolute atomic E-state index is 15.0. The number of aromatic nitrogens is 6. The highest BCUT2D eigenvalue weighted by Crippen LogP contribution is 2.39. The number of piperidine rings is 1. The van der Waals surface area contributed by atoms with Gasteiger partial charge in [0.2, 0.25) is 15.9 Å². The first kappa shape index (κ1) is 48.7. The number of rotatable bonds is 15. The standard InChI is InChI=1S/C40H36ClF8N9O4S.2CH4/c41-26-8-9-30(35-34(26)38(53-57(35)18-32(44)45)54-63(61,62)24-5-6-24)58-39(51-27-16-23(4-7-25(27)40(58)60)55-10-2-1-3-11-55)29(14-20-12-21(42)15-22(43)13-20)50-33(59)19-56-31(37(48)49)17-28(52-56)36(46)47;;/h4,7-9,12-13,15-17,24,29,32,36-37H,1-3,5-6,10-11,14,18-19H2,(H,50,59)(H,53,54);2*1H4/t29-;;/m0../s1. The number of amides is 1. The molecule has 8 rings (SSSR count). The summed E-state index contributed by atoms with van der Waals surface area (Å²) in [6, 6.07) is 8.54. The van der Waals surface area contributed by atoms with Crippen LogP contribution < -0.4 is 20.5 Å². The number of fused-ring (bicyclic) bond motifs is 2. The summed E-state index contributed by atoms with van der Waals surface area (Å²) < 4.78 is 144. The van der Waals surface area contributed by atoms with Crippen LogP contribution >= 0.6 is 11.6 Å². The second-order valence-corrected chi connectivity index (χ2v) is 17.6. The number of benzene rings is 3. The molecule has 1 saturated heterocycles. The third-order valence-electron chi connectivity index (χ3n) is 10.8. The zero-order chi connectivity index (χ0) is 44.9. The quantitative estimate of drug-likeness (QED) is 0.0969. The molecule has 350 valence electrons. The lowest BCUT2D eigenvalue weighted by molar-refractivity contribution is -0.122. The van der Waals surface area contributed by atoms with Gasteiger partial charge < -0.3 is 10.2 Å². The van der Waals surface area contributed by atoms with Crippen LogP contribution in [0.5, 0.6) is 0 Å². The van der Waals surface area contributed by atoms with Crippen LogP contribution in [0.2, 0.25) is 5.02 Å². The Morgan fingerprint density at radius 3 is 2.18 bits per heavy atom. The molecule has 0 unspecified atom stereocenters. The molecule has 6 aromatic rings. The molecule has 1 saturated carbocycles. The highest BCUT2D eigenvalue weighted by Gasteiger charge is 2.37. The normalized spacial score (nSPS) is 14.9. The molecule has 3 aromatic heterocycles. The van der Waals surface area contributed by atoms with Gasteiger partial charge in [-0.15, -0.1) is 0 Å². The summed E-state index contributed by atoms with van der Waals surface area (Å²) in [4.78, 5) is 35.9. The van der Waals surface area contributed by atoms with Gasteiger partial charge in [-0.2, -0.15) is 10.2 Å². The number of alkyl halides is 6. The minimum Gasteiger partial charge on any atom is -0.371 e. The van der Waals surface area contributed by atoms with Crippen LogP contribution in [0.25, 0.3) is 27.5 Å². The lowest BCUT2D eigenvalue weighted by Gasteiger charge is -2.29. The molecule has 1 aliphatic carbocycles. The topological polar surface area (TPSA) is 149 Å². The van der Waals surface area contributed by atoms with E-state index < -0.39 is 100 Å². The first-order valence-electron chi connectivity index (χ1n) is 19.7. The van der Waals surface area contributed by atoms with E-state index in [-0.39, 0.29) is 58.8 Å². The number of sulfonamides is 1. The van der Waals surface area contributed by atoms with Crippen molar-refractivity contribution in [3.63, 3.8) is 0 Å². The van der Waals surface area contributed by atoms with Gasteiger partial charge in [0.1, 0.15) is 41.9 Å². The second-order valence-electron chi connectivity index (χ2n) is 15.3. The highest BCUT2D eigenvalue weighted by molar-refractivity contribution is 7.93. The molecule has 1 amide bonds. The molecule has 2 fully saturated rings. The van der Waals surface area contributed by atoms with Crippen LogP contribution in [0.1, 0.15) is 88.6 Å². The largest absolute Gasteiger partial charge is 0.371 e. The molecule has 3 aromatic carbocycles. The van der Waals surface area contributed by atoms with Crippen molar-refractivity contribution in [2.24, 2.45) is 0 Å². The number of nitrogens with zero attached hydrogens (tertiary/aromatic N) is 7. The average Bonchev–Trinajstić information content (AvgIpc) is 3.92. The summed E-state index contributed by atoms with van der Waals surface area (Å²) in [5.74, 6) is -4.00. The maximum Gasteiger partial charge on any atom is 0.282 e. The Morgan fingerprint density at radius 1 is 0.862 bits per heavy atom. The van der Waals surface area contributed by atoms with Crippen molar-refractivity contribution in [3.8, 4) is 5.69 Å². The van der Waals surface area contributed by atoms with Crippen LogP contribution in [0.3, 0.4) is 0 Å². The van der Waals surface area contributed by atoms with E-state index in [9.17, 15) is 48.3 Å². The van der Waals surface area contributed by atoms with Gasteiger partial charge in [0.15, 0.2) is 5.82 Å². The number of anilines is 2. The Bertz CT molecular complexity index is 2880. The molecule has 4 heterocycles. The number of hydrogen-bond donors (Lipinski definition) is 2.